The van der Waals surface area contributed by atoms with Crippen LogP contribution in [0.5, 0.6) is 0 Å². The quantitative estimate of drug-likeness (QED) is 0.911. The predicted octanol–water partition coefficient (Wildman–Crippen LogP) is 2.43. The molecule has 18 heavy (non-hydrogen) atoms. The molecule has 0 spiro atoms. The minimum atomic E-state index is -0.287. The number of nitrogens with zero attached hydrogens (tertiary/aromatic N) is 2. The van der Waals surface area contributed by atoms with E-state index in [0.29, 0.717) is 11.0 Å². The van der Waals surface area contributed by atoms with E-state index in [4.69, 9.17) is 5.73 Å². The van der Waals surface area contributed by atoms with Crippen LogP contribution < -0.4 is 11.1 Å². The van der Waals surface area contributed by atoms with Gasteiger partial charge in [0.15, 0.2) is 0 Å². The van der Waals surface area contributed by atoms with Crippen molar-refractivity contribution in [3.63, 3.8) is 0 Å². The van der Waals surface area contributed by atoms with Crippen molar-refractivity contribution in [3.05, 3.63) is 46.7 Å². The Morgan fingerprint density at radius 1 is 1.56 bits per heavy atom. The topological polar surface area (TPSA) is 55.9 Å². The number of aryl methyl sites for hydroxylation is 1. The van der Waals surface area contributed by atoms with Crippen LogP contribution in [0.2, 0.25) is 0 Å². The molecule has 1 aromatic heterocycles. The zero-order valence-corrected chi connectivity index (χ0v) is 11.5. The van der Waals surface area contributed by atoms with Gasteiger partial charge in [0.2, 0.25) is 0 Å². The lowest BCUT2D eigenvalue weighted by molar-refractivity contribution is 0.621. The van der Waals surface area contributed by atoms with Crippen LogP contribution in [0.3, 0.4) is 0 Å². The second kappa shape index (κ2) is 5.49. The molecule has 0 aliphatic heterocycles. The third-order valence-electron chi connectivity index (χ3n) is 2.71. The zero-order valence-electron chi connectivity index (χ0n) is 9.90. The lowest BCUT2D eigenvalue weighted by atomic mass is 10.2. The van der Waals surface area contributed by atoms with Crippen molar-refractivity contribution in [2.75, 3.05) is 11.9 Å². The van der Waals surface area contributed by atoms with Crippen molar-refractivity contribution in [3.8, 4) is 0 Å². The molecule has 0 radical (unpaired) electrons. The maximum atomic E-state index is 13.1. The molecule has 0 aliphatic carbocycles. The summed E-state index contributed by atoms with van der Waals surface area (Å²) < 4.78 is 15.5. The summed E-state index contributed by atoms with van der Waals surface area (Å²) >= 11 is 3.16. The maximum Gasteiger partial charge on any atom is 0.137 e. The van der Waals surface area contributed by atoms with Crippen LogP contribution in [-0.2, 0) is 7.05 Å². The monoisotopic (exact) mass is 312 g/mol. The van der Waals surface area contributed by atoms with Crippen molar-refractivity contribution in [1.82, 2.24) is 9.55 Å². The van der Waals surface area contributed by atoms with Gasteiger partial charge in [0, 0.05) is 19.3 Å². The number of hydrogen-bond acceptors (Lipinski definition) is 3. The van der Waals surface area contributed by atoms with E-state index in [1.165, 1.54) is 6.07 Å². The highest BCUT2D eigenvalue weighted by atomic mass is 79.9. The summed E-state index contributed by atoms with van der Waals surface area (Å²) in [4.78, 5) is 4.06. The van der Waals surface area contributed by atoms with Gasteiger partial charge in [0.25, 0.3) is 0 Å². The molecule has 2 rings (SSSR count). The van der Waals surface area contributed by atoms with Crippen LogP contribution in [0.15, 0.2) is 35.2 Å². The van der Waals surface area contributed by atoms with E-state index in [1.807, 2.05) is 11.6 Å². The second-order valence-electron chi connectivity index (χ2n) is 3.99. The molecule has 0 saturated carbocycles. The van der Waals surface area contributed by atoms with Gasteiger partial charge >= 0.3 is 0 Å². The number of rotatable bonds is 4. The van der Waals surface area contributed by atoms with Gasteiger partial charge in [-0.15, -0.1) is 0 Å². The predicted molar refractivity (Wildman–Crippen MR) is 72.7 cm³/mol. The fourth-order valence-corrected chi connectivity index (χ4v) is 2.12. The highest BCUT2D eigenvalue weighted by Gasteiger charge is 2.13. The van der Waals surface area contributed by atoms with Crippen LogP contribution >= 0.6 is 15.9 Å². The molecule has 0 bridgehead atoms. The third kappa shape index (κ3) is 2.70. The van der Waals surface area contributed by atoms with E-state index in [9.17, 15) is 4.39 Å². The first-order chi connectivity index (χ1) is 8.61. The number of hydrogen-bond donors (Lipinski definition) is 2. The Balaban J connectivity index is 2.20. The Morgan fingerprint density at radius 3 is 2.89 bits per heavy atom. The Kier molecular flexibility index (Phi) is 3.98. The minimum Gasteiger partial charge on any atom is -0.375 e. The van der Waals surface area contributed by atoms with Crippen molar-refractivity contribution in [2.24, 2.45) is 12.8 Å². The molecule has 4 nitrogen and oxygen atoms in total. The summed E-state index contributed by atoms with van der Waals surface area (Å²) in [6.07, 6.45) is 3.49. The number of imidazole rings is 1. The van der Waals surface area contributed by atoms with Gasteiger partial charge in [-0.05, 0) is 34.1 Å². The van der Waals surface area contributed by atoms with E-state index in [1.54, 1.807) is 24.7 Å². The highest BCUT2D eigenvalue weighted by molar-refractivity contribution is 9.10. The lowest BCUT2D eigenvalue weighted by Crippen LogP contribution is -2.22. The van der Waals surface area contributed by atoms with E-state index in [0.717, 1.165) is 11.4 Å². The Bertz CT molecular complexity index is 541. The van der Waals surface area contributed by atoms with Crippen molar-refractivity contribution >= 4 is 21.6 Å². The molecular formula is C12H14BrFN4. The summed E-state index contributed by atoms with van der Waals surface area (Å²) in [5, 5.41) is 3.26. The average Bonchev–Trinajstić information content (AvgIpc) is 2.77. The average molecular weight is 313 g/mol. The van der Waals surface area contributed by atoms with Crippen LogP contribution in [0, 0.1) is 5.82 Å². The summed E-state index contributed by atoms with van der Waals surface area (Å²) in [5.74, 6) is -0.287. The molecule has 2 aromatic rings. The van der Waals surface area contributed by atoms with Gasteiger partial charge in [-0.2, -0.15) is 0 Å². The van der Waals surface area contributed by atoms with Crippen LogP contribution in [-0.4, -0.2) is 16.1 Å². The molecule has 1 unspecified atom stereocenters. The van der Waals surface area contributed by atoms with Crippen LogP contribution in [0.4, 0.5) is 10.1 Å². The van der Waals surface area contributed by atoms with Gasteiger partial charge in [-0.25, -0.2) is 9.37 Å². The standard InChI is InChI=1S/C12H14BrFN4/c1-18-7-16-6-12(18)11(5-15)17-8-2-3-10(14)9(13)4-8/h2-4,6-7,11,17H,5,15H2,1H3. The number of anilines is 1. The van der Waals surface area contributed by atoms with Gasteiger partial charge in [0.1, 0.15) is 5.82 Å². The van der Waals surface area contributed by atoms with Crippen molar-refractivity contribution < 1.29 is 4.39 Å². The Labute approximate surface area is 113 Å². The largest absolute Gasteiger partial charge is 0.375 e. The first-order valence-corrected chi connectivity index (χ1v) is 6.29. The molecule has 1 heterocycles. The van der Waals surface area contributed by atoms with Crippen LogP contribution in [0.25, 0.3) is 0 Å². The SMILES string of the molecule is Cn1cncc1C(CN)Nc1ccc(F)c(Br)c1. The zero-order chi connectivity index (χ0) is 13.1. The van der Waals surface area contributed by atoms with Gasteiger partial charge in [0.05, 0.1) is 28.7 Å². The molecule has 0 aliphatic rings. The summed E-state index contributed by atoms with van der Waals surface area (Å²) in [7, 11) is 1.91. The van der Waals surface area contributed by atoms with E-state index in [-0.39, 0.29) is 11.9 Å². The molecule has 1 atom stereocenters. The van der Waals surface area contributed by atoms with Crippen molar-refractivity contribution in [2.45, 2.75) is 6.04 Å². The fourth-order valence-electron chi connectivity index (χ4n) is 1.74. The van der Waals surface area contributed by atoms with Crippen molar-refractivity contribution in [1.29, 1.82) is 0 Å². The number of nitrogens with one attached hydrogen (secondary N) is 1. The number of halogens is 2. The first kappa shape index (κ1) is 13.0. The van der Waals surface area contributed by atoms with Crippen LogP contribution in [0.1, 0.15) is 11.7 Å². The third-order valence-corrected chi connectivity index (χ3v) is 3.31. The normalized spacial score (nSPS) is 12.4. The molecule has 3 N–H and O–H groups in total. The lowest BCUT2D eigenvalue weighted by Gasteiger charge is -2.18. The maximum absolute atomic E-state index is 13.1. The van der Waals surface area contributed by atoms with E-state index >= 15 is 0 Å². The highest BCUT2D eigenvalue weighted by Crippen LogP contribution is 2.23. The first-order valence-electron chi connectivity index (χ1n) is 5.49. The van der Waals surface area contributed by atoms with E-state index < -0.39 is 0 Å². The minimum absolute atomic E-state index is 0.0603. The van der Waals surface area contributed by atoms with Gasteiger partial charge in [-0.3, -0.25) is 0 Å². The molecule has 0 amide bonds. The molecule has 1 aromatic carbocycles. The molecular weight excluding hydrogens is 299 g/mol. The summed E-state index contributed by atoms with van der Waals surface area (Å²) in [6, 6.07) is 4.71. The molecule has 0 fully saturated rings. The Morgan fingerprint density at radius 2 is 2.33 bits per heavy atom. The Hall–Kier alpha value is -1.40. The smallest absolute Gasteiger partial charge is 0.137 e. The second-order valence-corrected chi connectivity index (χ2v) is 4.85. The molecule has 96 valence electrons. The number of benzene rings is 1. The fraction of sp³-hybridized carbons (Fsp3) is 0.250. The summed E-state index contributed by atoms with van der Waals surface area (Å²) in [6.45, 7) is 0.425. The van der Waals surface area contributed by atoms with E-state index in [2.05, 4.69) is 26.2 Å². The molecule has 0 saturated heterocycles. The molecule has 6 heteroatoms. The number of aromatic nitrogens is 2. The number of nitrogens with two attached hydrogens (primary N) is 1. The summed E-state index contributed by atoms with van der Waals surface area (Å²) in [5.41, 5.74) is 7.55. The van der Waals surface area contributed by atoms with Gasteiger partial charge in [-0.1, -0.05) is 0 Å². The van der Waals surface area contributed by atoms with Gasteiger partial charge < -0.3 is 15.6 Å².